The highest BCUT2D eigenvalue weighted by Gasteiger charge is 2.21. The van der Waals surface area contributed by atoms with E-state index < -0.39 is 0 Å². The van der Waals surface area contributed by atoms with Gasteiger partial charge in [0, 0.05) is 56.4 Å². The van der Waals surface area contributed by atoms with Crippen LogP contribution in [0.15, 0.2) is 340 Å². The van der Waals surface area contributed by atoms with Gasteiger partial charge in [0.25, 0.3) is 0 Å². The van der Waals surface area contributed by atoms with Gasteiger partial charge in [-0.2, -0.15) is 0 Å². The Bertz CT molecular complexity index is 4290. The fourth-order valence-corrected chi connectivity index (χ4v) is 10.5. The zero-order valence-corrected chi connectivity index (χ0v) is 47.7. The third-order valence-corrected chi connectivity index (χ3v) is 14.9. The Balaban J connectivity index is 0.869. The average molecular weight is 1140 g/mol. The van der Waals surface area contributed by atoms with Gasteiger partial charge in [0.05, 0.1) is 0 Å². The second kappa shape index (κ2) is 25.9. The second-order valence-corrected chi connectivity index (χ2v) is 20.8. The third-order valence-electron chi connectivity index (χ3n) is 14.9. The van der Waals surface area contributed by atoms with Crippen LogP contribution < -0.4 is 28.7 Å². The highest BCUT2D eigenvalue weighted by molar-refractivity contribution is 6.14. The molecule has 88 heavy (non-hydrogen) atoms. The third kappa shape index (κ3) is 12.9. The van der Waals surface area contributed by atoms with Crippen LogP contribution in [0.25, 0.3) is 22.3 Å². The lowest BCUT2D eigenvalue weighted by Gasteiger charge is -2.26. The number of rotatable bonds is 20. The first kappa shape index (κ1) is 55.2. The molecule has 0 unspecified atom stereocenters. The van der Waals surface area contributed by atoms with Crippen molar-refractivity contribution in [2.75, 3.05) is 9.80 Å². The van der Waals surface area contributed by atoms with Crippen LogP contribution in [0.1, 0.15) is 31.8 Å². The fraction of sp³-hybridized carbons (Fsp3) is 0. The van der Waals surface area contributed by atoms with E-state index in [1.54, 1.807) is 36.4 Å². The van der Waals surface area contributed by atoms with Crippen LogP contribution in [0.5, 0.6) is 46.0 Å². The summed E-state index contributed by atoms with van der Waals surface area (Å²) in [6.45, 7) is 0. The monoisotopic (exact) mass is 1140 g/mol. The van der Waals surface area contributed by atoms with Gasteiger partial charge in [0.1, 0.15) is 46.0 Å². The molecule has 0 N–H and O–H groups in total. The number of hydrogen-bond acceptors (Lipinski definition) is 8. The molecule has 422 valence electrons. The standard InChI is InChI=1S/C80H56N2O6/c83-79(59-17-6-1-7-18-59)60-19-16-20-61(55-60)80(84)62-33-54-77(57-29-34-63(35-30-57)81(65-38-46-73(47-39-65)85-69-21-8-2-9-22-69)66-40-48-74(49-41-66)86-70-23-10-3-11-24-70)78(56-62)58-31-36-64(37-32-58)82(67-42-50-75(51-43-67)87-71-25-12-4-13-26-71)68-44-52-76(53-45-68)88-72-27-14-5-15-28-72/h1-56H. The maximum absolute atomic E-state index is 14.8. The Labute approximate surface area is 511 Å². The minimum atomic E-state index is -0.205. The number of anilines is 6. The van der Waals surface area contributed by atoms with Gasteiger partial charge < -0.3 is 28.7 Å². The van der Waals surface area contributed by atoms with Crippen LogP contribution in [0.2, 0.25) is 0 Å². The lowest BCUT2D eigenvalue weighted by molar-refractivity contribution is 0.103. The highest BCUT2D eigenvalue weighted by atomic mass is 16.5. The number of ether oxygens (including phenoxy) is 4. The largest absolute Gasteiger partial charge is 0.457 e. The molecule has 0 spiro atoms. The molecule has 0 saturated carbocycles. The van der Waals surface area contributed by atoms with Gasteiger partial charge in [-0.05, 0) is 204 Å². The van der Waals surface area contributed by atoms with E-state index in [0.29, 0.717) is 45.3 Å². The number of hydrogen-bond donors (Lipinski definition) is 0. The minimum Gasteiger partial charge on any atom is -0.457 e. The predicted molar refractivity (Wildman–Crippen MR) is 352 cm³/mol. The zero-order valence-electron chi connectivity index (χ0n) is 47.7. The Morgan fingerprint density at radius 3 is 0.784 bits per heavy atom. The number of benzene rings is 13. The average Bonchev–Trinajstić information content (AvgIpc) is 3.68. The summed E-state index contributed by atoms with van der Waals surface area (Å²) in [4.78, 5) is 32.8. The highest BCUT2D eigenvalue weighted by Crippen LogP contribution is 2.43. The summed E-state index contributed by atoms with van der Waals surface area (Å²) in [6, 6.07) is 110. The van der Waals surface area contributed by atoms with Crippen molar-refractivity contribution in [1.82, 2.24) is 0 Å². The molecule has 0 aliphatic heterocycles. The van der Waals surface area contributed by atoms with Crippen molar-refractivity contribution in [2.45, 2.75) is 0 Å². The summed E-state index contributed by atoms with van der Waals surface area (Å²) in [7, 11) is 0. The van der Waals surface area contributed by atoms with Crippen LogP contribution in [-0.2, 0) is 0 Å². The van der Waals surface area contributed by atoms with E-state index in [1.807, 2.05) is 231 Å². The SMILES string of the molecule is O=C(c1ccccc1)c1cccc(C(=O)c2ccc(-c3ccc(N(c4ccc(Oc5ccccc5)cc4)c4ccc(Oc5ccccc5)cc4)cc3)c(-c3ccc(N(c4ccc(Oc5ccccc5)cc4)c4ccc(Oc5ccccc5)cc4)cc3)c2)c1. The number of ketones is 2. The van der Waals surface area contributed by atoms with Gasteiger partial charge in [-0.25, -0.2) is 0 Å². The zero-order chi connectivity index (χ0) is 59.4. The van der Waals surface area contributed by atoms with Crippen molar-refractivity contribution in [3.8, 4) is 68.2 Å². The van der Waals surface area contributed by atoms with E-state index in [9.17, 15) is 9.59 Å². The Morgan fingerprint density at radius 2 is 0.455 bits per heavy atom. The van der Waals surface area contributed by atoms with Crippen molar-refractivity contribution in [1.29, 1.82) is 0 Å². The minimum absolute atomic E-state index is 0.154. The maximum Gasteiger partial charge on any atom is 0.193 e. The van der Waals surface area contributed by atoms with Crippen molar-refractivity contribution in [3.05, 3.63) is 362 Å². The summed E-state index contributed by atoms with van der Waals surface area (Å²) in [5.41, 5.74) is 10.9. The molecule has 0 aliphatic carbocycles. The van der Waals surface area contributed by atoms with Crippen molar-refractivity contribution < 1.29 is 28.5 Å². The van der Waals surface area contributed by atoms with Crippen LogP contribution in [-0.4, -0.2) is 11.6 Å². The van der Waals surface area contributed by atoms with Crippen molar-refractivity contribution in [2.24, 2.45) is 0 Å². The summed E-state index contributed by atoms with van der Waals surface area (Å²) < 4.78 is 24.8. The first-order chi connectivity index (χ1) is 43.4. The van der Waals surface area contributed by atoms with Gasteiger partial charge in [0.15, 0.2) is 11.6 Å². The summed E-state index contributed by atoms with van der Waals surface area (Å²) >= 11 is 0. The Hall–Kier alpha value is -12.0. The predicted octanol–water partition coefficient (Wildman–Crippen LogP) is 21.6. The van der Waals surface area contributed by atoms with Crippen LogP contribution in [0.3, 0.4) is 0 Å². The van der Waals surface area contributed by atoms with E-state index >= 15 is 0 Å². The smallest absolute Gasteiger partial charge is 0.193 e. The molecule has 13 aromatic carbocycles. The van der Waals surface area contributed by atoms with Gasteiger partial charge in [-0.15, -0.1) is 0 Å². The molecular formula is C80H56N2O6. The molecule has 8 heteroatoms. The van der Waals surface area contributed by atoms with Gasteiger partial charge >= 0.3 is 0 Å². The molecular weight excluding hydrogens is 1080 g/mol. The quantitative estimate of drug-likeness (QED) is 0.0699. The number of carbonyl (C=O) groups is 2. The van der Waals surface area contributed by atoms with Crippen LogP contribution in [0, 0.1) is 0 Å². The molecule has 0 radical (unpaired) electrons. The van der Waals surface area contributed by atoms with E-state index in [1.165, 1.54) is 0 Å². The lowest BCUT2D eigenvalue weighted by Crippen LogP contribution is -2.10. The van der Waals surface area contributed by atoms with Gasteiger partial charge in [-0.3, -0.25) is 9.59 Å². The van der Waals surface area contributed by atoms with E-state index in [4.69, 9.17) is 18.9 Å². The normalized spacial score (nSPS) is 10.8. The molecule has 13 rings (SSSR count). The van der Waals surface area contributed by atoms with E-state index in [2.05, 4.69) is 82.6 Å². The molecule has 0 heterocycles. The molecule has 0 aromatic heterocycles. The second-order valence-electron chi connectivity index (χ2n) is 20.8. The van der Waals surface area contributed by atoms with Crippen LogP contribution >= 0.6 is 0 Å². The van der Waals surface area contributed by atoms with Gasteiger partial charge in [-0.1, -0.05) is 158 Å². The molecule has 0 amide bonds. The van der Waals surface area contributed by atoms with E-state index in [-0.39, 0.29) is 11.6 Å². The Morgan fingerprint density at radius 1 is 0.205 bits per heavy atom. The Kier molecular flexibility index (Phi) is 16.2. The number of para-hydroxylation sites is 4. The molecule has 8 nitrogen and oxygen atoms in total. The molecule has 0 aliphatic rings. The first-order valence-electron chi connectivity index (χ1n) is 28.9. The number of carbonyl (C=O) groups excluding carboxylic acids is 2. The molecule has 0 bridgehead atoms. The molecule has 0 saturated heterocycles. The molecule has 0 atom stereocenters. The topological polar surface area (TPSA) is 77.5 Å². The molecule has 13 aromatic rings. The van der Waals surface area contributed by atoms with Gasteiger partial charge in [0.2, 0.25) is 0 Å². The first-order valence-corrected chi connectivity index (χ1v) is 28.9. The van der Waals surface area contributed by atoms with Crippen molar-refractivity contribution in [3.63, 3.8) is 0 Å². The lowest BCUT2D eigenvalue weighted by atomic mass is 9.90. The number of nitrogens with zero attached hydrogens (tertiary/aromatic N) is 2. The summed E-state index contributed by atoms with van der Waals surface area (Å²) in [5, 5.41) is 0. The molecule has 0 fully saturated rings. The van der Waals surface area contributed by atoms with Crippen molar-refractivity contribution >= 4 is 45.7 Å². The summed E-state index contributed by atoms with van der Waals surface area (Å²) in [5.74, 6) is 5.49. The fourth-order valence-electron chi connectivity index (χ4n) is 10.5. The summed E-state index contributed by atoms with van der Waals surface area (Å²) in [6.07, 6.45) is 0. The van der Waals surface area contributed by atoms with E-state index in [0.717, 1.165) is 79.4 Å². The maximum atomic E-state index is 14.8. The van der Waals surface area contributed by atoms with Crippen LogP contribution in [0.4, 0.5) is 34.1 Å².